The highest BCUT2D eigenvalue weighted by Gasteiger charge is 2.28. The summed E-state index contributed by atoms with van der Waals surface area (Å²) in [4.78, 5) is 9.71. The number of nitrogens with zero attached hydrogens (tertiary/aromatic N) is 1. The summed E-state index contributed by atoms with van der Waals surface area (Å²) in [6.45, 7) is 0. The molecule has 0 unspecified atom stereocenters. The summed E-state index contributed by atoms with van der Waals surface area (Å²) in [5.74, 6) is 0. The van der Waals surface area contributed by atoms with E-state index in [0.29, 0.717) is 10.6 Å². The van der Waals surface area contributed by atoms with Gasteiger partial charge >= 0.3 is 5.50 Å². The van der Waals surface area contributed by atoms with E-state index in [9.17, 15) is 10.1 Å². The first-order valence-electron chi connectivity index (χ1n) is 3.69. The first-order valence-corrected chi connectivity index (χ1v) is 4.94. The zero-order valence-corrected chi connectivity index (χ0v) is 9.13. The number of halogens is 3. The Kier molecular flexibility index (Phi) is 3.98. The molecule has 0 spiro atoms. The van der Waals surface area contributed by atoms with Crippen LogP contribution in [0.4, 0.5) is 0 Å². The maximum atomic E-state index is 10.3. The van der Waals surface area contributed by atoms with Gasteiger partial charge in [0.15, 0.2) is 0 Å². The fraction of sp³-hybridized carbons (Fsp3) is 0.250. The van der Waals surface area contributed by atoms with Crippen LogP contribution in [0.25, 0.3) is 0 Å². The van der Waals surface area contributed by atoms with Gasteiger partial charge in [-0.25, -0.2) is 0 Å². The third-order valence-corrected chi connectivity index (χ3v) is 2.91. The molecule has 1 rings (SSSR count). The summed E-state index contributed by atoms with van der Waals surface area (Å²) in [6.07, 6.45) is 0. The summed E-state index contributed by atoms with van der Waals surface area (Å²) in [5.41, 5.74) is -0.759. The number of benzene rings is 1. The first-order chi connectivity index (χ1) is 6.52. The largest absolute Gasteiger partial charge is 0.306 e. The average Bonchev–Trinajstić information content (AvgIpc) is 2.16. The molecule has 14 heavy (non-hydrogen) atoms. The van der Waals surface area contributed by atoms with Crippen LogP contribution in [-0.2, 0) is 0 Å². The fourth-order valence-corrected chi connectivity index (χ4v) is 1.42. The molecule has 76 valence electrons. The van der Waals surface area contributed by atoms with Gasteiger partial charge in [-0.1, -0.05) is 23.7 Å². The van der Waals surface area contributed by atoms with Crippen molar-refractivity contribution in [3.8, 4) is 0 Å². The Hall–Kier alpha value is -0.510. The van der Waals surface area contributed by atoms with Crippen molar-refractivity contribution < 1.29 is 4.92 Å². The highest BCUT2D eigenvalue weighted by molar-refractivity contribution is 6.31. The lowest BCUT2D eigenvalue weighted by atomic mass is 10.1. The molecule has 0 fully saturated rings. The predicted molar refractivity (Wildman–Crippen MR) is 56.7 cm³/mol. The molecule has 3 nitrogen and oxygen atoms in total. The molecule has 6 heteroatoms. The summed E-state index contributed by atoms with van der Waals surface area (Å²) in [7, 11) is 0. The molecule has 0 radical (unpaired) electrons. The van der Waals surface area contributed by atoms with Gasteiger partial charge < -0.3 is 0 Å². The SMILES string of the molecule is O=[N+]([O-])[C@H](Cl)[C@H](Cl)c1ccc(Cl)cc1. The van der Waals surface area contributed by atoms with Crippen molar-refractivity contribution >= 4 is 34.8 Å². The van der Waals surface area contributed by atoms with Crippen molar-refractivity contribution in [1.29, 1.82) is 0 Å². The Morgan fingerprint density at radius 1 is 1.21 bits per heavy atom. The topological polar surface area (TPSA) is 43.1 Å². The number of alkyl halides is 2. The molecule has 0 saturated carbocycles. The Bertz CT molecular complexity index is 328. The number of hydrogen-bond acceptors (Lipinski definition) is 2. The minimum atomic E-state index is -1.34. The van der Waals surface area contributed by atoms with Gasteiger partial charge in [-0.05, 0) is 29.3 Å². The van der Waals surface area contributed by atoms with Crippen molar-refractivity contribution in [2.75, 3.05) is 0 Å². The zero-order chi connectivity index (χ0) is 10.7. The normalized spacial score (nSPS) is 14.8. The van der Waals surface area contributed by atoms with Crippen molar-refractivity contribution in [2.24, 2.45) is 0 Å². The molecule has 0 bridgehead atoms. The molecule has 0 heterocycles. The van der Waals surface area contributed by atoms with Gasteiger partial charge in [0.1, 0.15) is 5.38 Å². The molecule has 1 aromatic carbocycles. The van der Waals surface area contributed by atoms with E-state index in [1.165, 1.54) is 0 Å². The molecule has 0 aliphatic heterocycles. The van der Waals surface area contributed by atoms with Gasteiger partial charge in [-0.2, -0.15) is 0 Å². The third-order valence-electron chi connectivity index (χ3n) is 1.63. The summed E-state index contributed by atoms with van der Waals surface area (Å²) < 4.78 is 0. The van der Waals surface area contributed by atoms with E-state index in [1.54, 1.807) is 24.3 Å². The molecule has 2 atom stereocenters. The lowest BCUT2D eigenvalue weighted by molar-refractivity contribution is -0.498. The summed E-state index contributed by atoms with van der Waals surface area (Å²) >= 11 is 16.9. The van der Waals surface area contributed by atoms with Gasteiger partial charge in [-0.15, -0.1) is 11.6 Å². The van der Waals surface area contributed by atoms with Crippen molar-refractivity contribution in [1.82, 2.24) is 0 Å². The van der Waals surface area contributed by atoms with Crippen LogP contribution in [0.3, 0.4) is 0 Å². The Balaban J connectivity index is 2.84. The fourth-order valence-electron chi connectivity index (χ4n) is 0.912. The second-order valence-electron chi connectivity index (χ2n) is 2.61. The summed E-state index contributed by atoms with van der Waals surface area (Å²) in [6, 6.07) is 6.43. The van der Waals surface area contributed by atoms with E-state index < -0.39 is 15.8 Å². The van der Waals surface area contributed by atoms with Gasteiger partial charge in [-0.3, -0.25) is 10.1 Å². The number of hydrogen-bond donors (Lipinski definition) is 0. The molecule has 0 saturated heterocycles. The van der Waals surface area contributed by atoms with E-state index >= 15 is 0 Å². The first kappa shape index (κ1) is 11.6. The minimum Gasteiger partial charge on any atom is -0.263 e. The quantitative estimate of drug-likeness (QED) is 0.359. The maximum absolute atomic E-state index is 10.3. The van der Waals surface area contributed by atoms with Gasteiger partial charge in [0.2, 0.25) is 0 Å². The predicted octanol–water partition coefficient (Wildman–Crippen LogP) is 3.46. The second kappa shape index (κ2) is 4.82. The van der Waals surface area contributed by atoms with E-state index in [2.05, 4.69) is 0 Å². The van der Waals surface area contributed by atoms with Crippen LogP contribution >= 0.6 is 34.8 Å². The molecule has 0 aromatic heterocycles. The van der Waals surface area contributed by atoms with Crippen LogP contribution in [0, 0.1) is 10.1 Å². The lowest BCUT2D eigenvalue weighted by Gasteiger charge is -2.09. The van der Waals surface area contributed by atoms with Crippen molar-refractivity contribution in [2.45, 2.75) is 10.9 Å². The maximum Gasteiger partial charge on any atom is 0.306 e. The number of rotatable bonds is 3. The van der Waals surface area contributed by atoms with Crippen LogP contribution in [0.1, 0.15) is 10.9 Å². The molecule has 0 aliphatic carbocycles. The molecular weight excluding hydrogens is 248 g/mol. The van der Waals surface area contributed by atoms with Crippen LogP contribution in [0.15, 0.2) is 24.3 Å². The Morgan fingerprint density at radius 2 is 1.71 bits per heavy atom. The van der Waals surface area contributed by atoms with Crippen LogP contribution < -0.4 is 0 Å². The van der Waals surface area contributed by atoms with E-state index in [0.717, 1.165) is 0 Å². The van der Waals surface area contributed by atoms with Crippen LogP contribution in [0.2, 0.25) is 5.02 Å². The molecule has 0 N–H and O–H groups in total. The summed E-state index contributed by atoms with van der Waals surface area (Å²) in [5, 5.41) is 10.0. The Labute approximate surface area is 95.7 Å². The smallest absolute Gasteiger partial charge is 0.263 e. The standard InChI is InChI=1S/C8H6Cl3NO2/c9-6-3-1-5(2-4-6)7(10)8(11)12(13)14/h1-4,7-8H/t7-,8+/m1/s1. The third kappa shape index (κ3) is 2.74. The van der Waals surface area contributed by atoms with E-state index in [1.807, 2.05) is 0 Å². The molecular formula is C8H6Cl3NO2. The minimum absolute atomic E-state index is 0.546. The van der Waals surface area contributed by atoms with Crippen molar-refractivity contribution in [3.63, 3.8) is 0 Å². The molecule has 1 aromatic rings. The second-order valence-corrected chi connectivity index (χ2v) is 3.97. The van der Waals surface area contributed by atoms with Crippen LogP contribution in [0.5, 0.6) is 0 Å². The zero-order valence-electron chi connectivity index (χ0n) is 6.86. The molecule has 0 amide bonds. The van der Waals surface area contributed by atoms with Gasteiger partial charge in [0, 0.05) is 9.95 Å². The average molecular weight is 255 g/mol. The van der Waals surface area contributed by atoms with Gasteiger partial charge in [0.05, 0.1) is 0 Å². The number of nitro groups is 1. The van der Waals surface area contributed by atoms with E-state index in [-0.39, 0.29) is 0 Å². The lowest BCUT2D eigenvalue weighted by Crippen LogP contribution is -2.17. The highest BCUT2D eigenvalue weighted by Crippen LogP contribution is 2.28. The van der Waals surface area contributed by atoms with Crippen LogP contribution in [-0.4, -0.2) is 10.4 Å². The van der Waals surface area contributed by atoms with Crippen molar-refractivity contribution in [3.05, 3.63) is 45.0 Å². The highest BCUT2D eigenvalue weighted by atomic mass is 35.5. The van der Waals surface area contributed by atoms with E-state index in [4.69, 9.17) is 34.8 Å². The Morgan fingerprint density at radius 3 is 2.14 bits per heavy atom. The monoisotopic (exact) mass is 253 g/mol. The van der Waals surface area contributed by atoms with Gasteiger partial charge in [0.25, 0.3) is 0 Å². The molecule has 0 aliphatic rings.